The van der Waals surface area contributed by atoms with Crippen molar-refractivity contribution in [3.63, 3.8) is 0 Å². The van der Waals surface area contributed by atoms with Gasteiger partial charge in [-0.2, -0.15) is 0 Å². The number of ether oxygens (including phenoxy) is 1. The van der Waals surface area contributed by atoms with E-state index in [1.807, 2.05) is 22.3 Å². The number of thiazole rings is 1. The Labute approximate surface area is 130 Å². The first-order valence-electron chi connectivity index (χ1n) is 7.06. The monoisotopic (exact) mass is 317 g/mol. The molecule has 4 heterocycles. The molecule has 4 rings (SSSR count). The number of hydrogen-bond donors (Lipinski definition) is 1. The molecule has 0 saturated heterocycles. The standard InChI is InChI=1S/C14H15N5O2S/c1-3-20-8-10(1)14-12-9-21-11(7-19(12)18-17-14)5-15-6-13-16-2-4-22-13/h1-4,8,11,15H,5-7,9H2/t11-/m0/s1. The van der Waals surface area contributed by atoms with Crippen molar-refractivity contribution in [2.75, 3.05) is 6.54 Å². The maximum absolute atomic E-state index is 5.91. The summed E-state index contributed by atoms with van der Waals surface area (Å²) in [7, 11) is 0. The SMILES string of the molecule is c1csc(CNC[C@H]2Cn3nnc(-c4ccoc4)c3CO2)n1. The first-order valence-corrected chi connectivity index (χ1v) is 7.94. The third kappa shape index (κ3) is 2.68. The molecular weight excluding hydrogens is 302 g/mol. The lowest BCUT2D eigenvalue weighted by Crippen LogP contribution is -2.36. The minimum atomic E-state index is 0.0892. The Hall–Kier alpha value is -2.03. The number of furan rings is 1. The molecule has 8 heteroatoms. The Morgan fingerprint density at radius 1 is 1.45 bits per heavy atom. The molecular formula is C14H15N5O2S. The number of aromatic nitrogens is 4. The van der Waals surface area contributed by atoms with Gasteiger partial charge >= 0.3 is 0 Å². The molecule has 0 bridgehead atoms. The van der Waals surface area contributed by atoms with Gasteiger partial charge in [0, 0.05) is 30.2 Å². The van der Waals surface area contributed by atoms with Crippen molar-refractivity contribution >= 4 is 11.3 Å². The van der Waals surface area contributed by atoms with E-state index in [1.165, 1.54) is 0 Å². The van der Waals surface area contributed by atoms with Crippen molar-refractivity contribution in [2.24, 2.45) is 0 Å². The summed E-state index contributed by atoms with van der Waals surface area (Å²) in [6, 6.07) is 1.88. The molecule has 7 nitrogen and oxygen atoms in total. The highest BCUT2D eigenvalue weighted by atomic mass is 32.1. The van der Waals surface area contributed by atoms with Gasteiger partial charge in [0.05, 0.1) is 37.5 Å². The van der Waals surface area contributed by atoms with Crippen LogP contribution in [0.5, 0.6) is 0 Å². The first-order chi connectivity index (χ1) is 10.9. The van der Waals surface area contributed by atoms with Crippen LogP contribution in [0, 0.1) is 0 Å². The largest absolute Gasteiger partial charge is 0.472 e. The fourth-order valence-corrected chi connectivity index (χ4v) is 3.08. The molecule has 1 N–H and O–H groups in total. The van der Waals surface area contributed by atoms with Crippen LogP contribution in [0.15, 0.2) is 34.6 Å². The lowest BCUT2D eigenvalue weighted by molar-refractivity contribution is 0.00125. The van der Waals surface area contributed by atoms with E-state index in [1.54, 1.807) is 23.9 Å². The third-order valence-corrected chi connectivity index (χ3v) is 4.38. The van der Waals surface area contributed by atoms with Crippen molar-refractivity contribution in [3.8, 4) is 11.3 Å². The van der Waals surface area contributed by atoms with Gasteiger partial charge in [0.15, 0.2) is 0 Å². The molecule has 1 aliphatic rings. The van der Waals surface area contributed by atoms with Gasteiger partial charge in [-0.15, -0.1) is 16.4 Å². The smallest absolute Gasteiger partial charge is 0.121 e. The van der Waals surface area contributed by atoms with Crippen molar-refractivity contribution in [1.29, 1.82) is 0 Å². The molecule has 0 aliphatic carbocycles. The summed E-state index contributed by atoms with van der Waals surface area (Å²) >= 11 is 1.65. The number of nitrogens with zero attached hydrogens (tertiary/aromatic N) is 4. The molecule has 114 valence electrons. The molecule has 0 unspecified atom stereocenters. The Morgan fingerprint density at radius 3 is 3.27 bits per heavy atom. The topological polar surface area (TPSA) is 78.0 Å². The highest BCUT2D eigenvalue weighted by molar-refractivity contribution is 7.09. The van der Waals surface area contributed by atoms with Gasteiger partial charge < -0.3 is 14.5 Å². The summed E-state index contributed by atoms with van der Waals surface area (Å²) < 4.78 is 12.9. The fraction of sp³-hybridized carbons (Fsp3) is 0.357. The average Bonchev–Trinajstić information content (AvgIpc) is 3.28. The summed E-state index contributed by atoms with van der Waals surface area (Å²) in [5.74, 6) is 0. The van der Waals surface area contributed by atoms with E-state index >= 15 is 0 Å². The van der Waals surface area contributed by atoms with Crippen LogP contribution in [-0.4, -0.2) is 32.6 Å². The van der Waals surface area contributed by atoms with Gasteiger partial charge in [-0.05, 0) is 6.07 Å². The Bertz CT molecular complexity index is 723. The zero-order chi connectivity index (χ0) is 14.8. The molecule has 0 spiro atoms. The van der Waals surface area contributed by atoms with E-state index in [0.29, 0.717) is 13.2 Å². The second-order valence-electron chi connectivity index (χ2n) is 5.07. The summed E-state index contributed by atoms with van der Waals surface area (Å²) in [5.41, 5.74) is 2.77. The van der Waals surface area contributed by atoms with Crippen molar-refractivity contribution in [1.82, 2.24) is 25.3 Å². The van der Waals surface area contributed by atoms with Crippen LogP contribution in [0.3, 0.4) is 0 Å². The van der Waals surface area contributed by atoms with Crippen LogP contribution in [0.2, 0.25) is 0 Å². The van der Waals surface area contributed by atoms with E-state index < -0.39 is 0 Å². The number of rotatable bonds is 5. The molecule has 0 radical (unpaired) electrons. The number of nitrogens with one attached hydrogen (secondary N) is 1. The maximum atomic E-state index is 5.91. The predicted octanol–water partition coefficient (Wildman–Crippen LogP) is 1.68. The third-order valence-electron chi connectivity index (χ3n) is 3.60. The minimum absolute atomic E-state index is 0.0892. The summed E-state index contributed by atoms with van der Waals surface area (Å²) in [6.45, 7) is 2.74. The lowest BCUT2D eigenvalue weighted by atomic mass is 10.2. The van der Waals surface area contributed by atoms with Crippen LogP contribution in [0.1, 0.15) is 10.7 Å². The van der Waals surface area contributed by atoms with Gasteiger partial charge in [-0.1, -0.05) is 5.21 Å². The zero-order valence-corrected chi connectivity index (χ0v) is 12.6. The minimum Gasteiger partial charge on any atom is -0.472 e. The van der Waals surface area contributed by atoms with E-state index in [9.17, 15) is 0 Å². The molecule has 0 amide bonds. The Kier molecular flexibility index (Phi) is 3.71. The lowest BCUT2D eigenvalue weighted by Gasteiger charge is -2.24. The van der Waals surface area contributed by atoms with E-state index in [4.69, 9.17) is 9.15 Å². The number of hydrogen-bond acceptors (Lipinski definition) is 7. The van der Waals surface area contributed by atoms with Gasteiger partial charge in [-0.25, -0.2) is 9.67 Å². The van der Waals surface area contributed by atoms with Crippen LogP contribution in [-0.2, 0) is 24.4 Å². The van der Waals surface area contributed by atoms with Crippen molar-refractivity contribution in [3.05, 3.63) is 40.9 Å². The van der Waals surface area contributed by atoms with E-state index in [2.05, 4.69) is 20.6 Å². The van der Waals surface area contributed by atoms with Crippen molar-refractivity contribution in [2.45, 2.75) is 25.8 Å². The molecule has 1 atom stereocenters. The molecule has 1 aliphatic heterocycles. The predicted molar refractivity (Wildman–Crippen MR) is 80.1 cm³/mol. The van der Waals surface area contributed by atoms with Gasteiger partial charge in [-0.3, -0.25) is 0 Å². The summed E-state index contributed by atoms with van der Waals surface area (Å²) in [6.07, 6.45) is 5.21. The maximum Gasteiger partial charge on any atom is 0.121 e. The van der Waals surface area contributed by atoms with Crippen LogP contribution in [0.25, 0.3) is 11.3 Å². The molecule has 0 aromatic carbocycles. The Balaban J connectivity index is 1.38. The van der Waals surface area contributed by atoms with E-state index in [0.717, 1.165) is 35.0 Å². The fourth-order valence-electron chi connectivity index (χ4n) is 2.49. The molecule has 0 saturated carbocycles. The molecule has 3 aromatic heterocycles. The molecule has 0 fully saturated rings. The Morgan fingerprint density at radius 2 is 2.45 bits per heavy atom. The summed E-state index contributed by atoms with van der Waals surface area (Å²) in [5, 5.41) is 14.9. The average molecular weight is 317 g/mol. The zero-order valence-electron chi connectivity index (χ0n) is 11.8. The van der Waals surface area contributed by atoms with Crippen LogP contribution in [0.4, 0.5) is 0 Å². The van der Waals surface area contributed by atoms with Crippen molar-refractivity contribution < 1.29 is 9.15 Å². The second kappa shape index (κ2) is 5.99. The van der Waals surface area contributed by atoms with Crippen LogP contribution < -0.4 is 5.32 Å². The quantitative estimate of drug-likeness (QED) is 0.771. The number of fused-ring (bicyclic) bond motifs is 1. The normalized spacial score (nSPS) is 17.5. The molecule has 3 aromatic rings. The first kappa shape index (κ1) is 13.6. The van der Waals surface area contributed by atoms with Gasteiger partial charge in [0.2, 0.25) is 0 Å². The molecule has 22 heavy (non-hydrogen) atoms. The highest BCUT2D eigenvalue weighted by Gasteiger charge is 2.24. The van der Waals surface area contributed by atoms with Crippen LogP contribution >= 0.6 is 11.3 Å². The highest BCUT2D eigenvalue weighted by Crippen LogP contribution is 2.25. The van der Waals surface area contributed by atoms with E-state index in [-0.39, 0.29) is 6.10 Å². The second-order valence-corrected chi connectivity index (χ2v) is 6.05. The summed E-state index contributed by atoms with van der Waals surface area (Å²) in [4.78, 5) is 4.25. The van der Waals surface area contributed by atoms with Gasteiger partial charge in [0.1, 0.15) is 10.7 Å². The van der Waals surface area contributed by atoms with Gasteiger partial charge in [0.25, 0.3) is 0 Å².